The molecule has 0 aliphatic rings. The lowest BCUT2D eigenvalue weighted by molar-refractivity contribution is -0.122. The average molecular weight is 410 g/mol. The lowest BCUT2D eigenvalue weighted by atomic mass is 10.1. The third-order valence-electron chi connectivity index (χ3n) is 4.90. The van der Waals surface area contributed by atoms with E-state index in [2.05, 4.69) is 22.2 Å². The molecule has 2 aromatic carbocycles. The number of para-hydroxylation sites is 1. The zero-order valence-corrected chi connectivity index (χ0v) is 17.2. The van der Waals surface area contributed by atoms with Gasteiger partial charge in [0.2, 0.25) is 5.91 Å². The van der Waals surface area contributed by atoms with Gasteiger partial charge in [0, 0.05) is 6.54 Å². The minimum atomic E-state index is -0.261. The van der Waals surface area contributed by atoms with Crippen LogP contribution in [0.15, 0.2) is 53.3 Å². The molecule has 0 saturated heterocycles. The summed E-state index contributed by atoms with van der Waals surface area (Å²) in [4.78, 5) is 34.0. The Hall–Kier alpha value is -3.06. The Morgan fingerprint density at radius 3 is 2.73 bits per heavy atom. The second kappa shape index (κ2) is 10.6. The van der Waals surface area contributed by atoms with Gasteiger partial charge in [0.05, 0.1) is 24.0 Å². The molecule has 2 N–H and O–H groups in total. The number of unbranched alkanes of at least 4 members (excludes halogenated alkanes) is 1. The highest BCUT2D eigenvalue weighted by molar-refractivity contribution is 5.78. The highest BCUT2D eigenvalue weighted by atomic mass is 19.1. The second-order valence-electron chi connectivity index (χ2n) is 7.29. The molecule has 0 saturated carbocycles. The molecule has 0 spiro atoms. The van der Waals surface area contributed by atoms with Gasteiger partial charge in [0.1, 0.15) is 11.6 Å². The minimum absolute atomic E-state index is 0.134. The SMILES string of the molecule is CCCCN(CC(=O)NCCc1ccccc1F)Cc1nc2ccccc2c(=O)[nH]1. The predicted molar refractivity (Wildman–Crippen MR) is 116 cm³/mol. The highest BCUT2D eigenvalue weighted by Gasteiger charge is 2.13. The summed E-state index contributed by atoms with van der Waals surface area (Å²) in [6.07, 6.45) is 2.36. The Bertz CT molecular complexity index is 1050. The molecule has 0 aliphatic heterocycles. The van der Waals surface area contributed by atoms with Crippen LogP contribution in [0, 0.1) is 5.82 Å². The molecule has 7 heteroatoms. The van der Waals surface area contributed by atoms with Crippen LogP contribution in [0.1, 0.15) is 31.2 Å². The maximum atomic E-state index is 13.7. The van der Waals surface area contributed by atoms with E-state index >= 15 is 0 Å². The lowest BCUT2D eigenvalue weighted by Gasteiger charge is -2.21. The van der Waals surface area contributed by atoms with Gasteiger partial charge in [0.25, 0.3) is 5.56 Å². The zero-order valence-electron chi connectivity index (χ0n) is 17.2. The van der Waals surface area contributed by atoms with Crippen molar-refractivity contribution in [2.45, 2.75) is 32.7 Å². The molecule has 6 nitrogen and oxygen atoms in total. The number of halogens is 1. The first-order valence-corrected chi connectivity index (χ1v) is 10.3. The van der Waals surface area contributed by atoms with Crippen molar-refractivity contribution >= 4 is 16.8 Å². The van der Waals surface area contributed by atoms with E-state index < -0.39 is 0 Å². The number of nitrogens with one attached hydrogen (secondary N) is 2. The van der Waals surface area contributed by atoms with Crippen molar-refractivity contribution in [3.05, 3.63) is 76.1 Å². The smallest absolute Gasteiger partial charge is 0.258 e. The lowest BCUT2D eigenvalue weighted by Crippen LogP contribution is -2.38. The number of rotatable bonds is 10. The van der Waals surface area contributed by atoms with Gasteiger partial charge in [0.15, 0.2) is 0 Å². The Morgan fingerprint density at radius 2 is 1.93 bits per heavy atom. The van der Waals surface area contributed by atoms with Crippen LogP contribution < -0.4 is 10.9 Å². The van der Waals surface area contributed by atoms with Crippen molar-refractivity contribution in [3.63, 3.8) is 0 Å². The molecular formula is C23H27FN4O2. The number of H-pyrrole nitrogens is 1. The van der Waals surface area contributed by atoms with E-state index in [9.17, 15) is 14.0 Å². The maximum Gasteiger partial charge on any atom is 0.258 e. The van der Waals surface area contributed by atoms with E-state index in [1.807, 2.05) is 11.0 Å². The molecule has 1 amide bonds. The molecule has 1 heterocycles. The third kappa shape index (κ3) is 5.97. The van der Waals surface area contributed by atoms with E-state index in [4.69, 9.17) is 0 Å². The van der Waals surface area contributed by atoms with E-state index in [1.165, 1.54) is 6.07 Å². The third-order valence-corrected chi connectivity index (χ3v) is 4.90. The van der Waals surface area contributed by atoms with Crippen LogP contribution in [0.4, 0.5) is 4.39 Å². The second-order valence-corrected chi connectivity index (χ2v) is 7.29. The van der Waals surface area contributed by atoms with Crippen molar-refractivity contribution in [1.29, 1.82) is 0 Å². The molecular weight excluding hydrogens is 383 g/mol. The minimum Gasteiger partial charge on any atom is -0.355 e. The number of hydrogen-bond acceptors (Lipinski definition) is 4. The van der Waals surface area contributed by atoms with Gasteiger partial charge in [-0.3, -0.25) is 14.5 Å². The average Bonchev–Trinajstić information content (AvgIpc) is 2.73. The first-order valence-electron chi connectivity index (χ1n) is 10.3. The summed E-state index contributed by atoms with van der Waals surface area (Å²) in [5, 5.41) is 3.40. The number of carbonyl (C=O) groups excluding carboxylic acids is 1. The number of carbonyl (C=O) groups is 1. The number of hydrogen-bond donors (Lipinski definition) is 2. The van der Waals surface area contributed by atoms with Gasteiger partial charge < -0.3 is 10.3 Å². The molecule has 0 radical (unpaired) electrons. The summed E-state index contributed by atoms with van der Waals surface area (Å²) < 4.78 is 13.7. The molecule has 1 aromatic heterocycles. The summed E-state index contributed by atoms with van der Waals surface area (Å²) in [5.74, 6) is 0.141. The van der Waals surface area contributed by atoms with Crippen molar-refractivity contribution in [3.8, 4) is 0 Å². The molecule has 3 rings (SSSR count). The van der Waals surface area contributed by atoms with Gasteiger partial charge >= 0.3 is 0 Å². The van der Waals surface area contributed by atoms with Crippen LogP contribution >= 0.6 is 0 Å². The van der Waals surface area contributed by atoms with Crippen LogP contribution in [-0.2, 0) is 17.8 Å². The van der Waals surface area contributed by atoms with Gasteiger partial charge in [-0.15, -0.1) is 0 Å². The van der Waals surface area contributed by atoms with Crippen molar-refractivity contribution in [2.24, 2.45) is 0 Å². The standard InChI is InChI=1S/C23H27FN4O2/c1-2-3-14-28(15-21-26-20-11-7-5-9-18(20)23(30)27-21)16-22(29)25-13-12-17-8-4-6-10-19(17)24/h4-11H,2-3,12-16H2,1H3,(H,25,29)(H,26,27,30). The molecule has 158 valence electrons. The predicted octanol–water partition coefficient (Wildman–Crippen LogP) is 3.02. The summed E-state index contributed by atoms with van der Waals surface area (Å²) in [6, 6.07) is 13.8. The number of benzene rings is 2. The fourth-order valence-corrected chi connectivity index (χ4v) is 3.31. The highest BCUT2D eigenvalue weighted by Crippen LogP contribution is 2.08. The van der Waals surface area contributed by atoms with Crippen molar-refractivity contribution in [1.82, 2.24) is 20.2 Å². The van der Waals surface area contributed by atoms with Crippen LogP contribution in [0.3, 0.4) is 0 Å². The number of aromatic nitrogens is 2. The fraction of sp³-hybridized carbons (Fsp3) is 0.348. The Labute approximate surface area is 175 Å². The van der Waals surface area contributed by atoms with Gasteiger partial charge in [-0.2, -0.15) is 0 Å². The van der Waals surface area contributed by atoms with Crippen molar-refractivity contribution < 1.29 is 9.18 Å². The molecule has 0 unspecified atom stereocenters. The summed E-state index contributed by atoms with van der Waals surface area (Å²) in [6.45, 7) is 3.73. The zero-order chi connectivity index (χ0) is 21.3. The van der Waals surface area contributed by atoms with E-state index in [0.29, 0.717) is 48.3 Å². The van der Waals surface area contributed by atoms with Crippen LogP contribution in [0.5, 0.6) is 0 Å². The van der Waals surface area contributed by atoms with Gasteiger partial charge in [-0.1, -0.05) is 43.7 Å². The number of aromatic amines is 1. The molecule has 3 aromatic rings. The first-order chi connectivity index (χ1) is 14.6. The summed E-state index contributed by atoms with van der Waals surface area (Å²) in [7, 11) is 0. The monoisotopic (exact) mass is 410 g/mol. The topological polar surface area (TPSA) is 78.1 Å². The van der Waals surface area contributed by atoms with Crippen LogP contribution in [-0.4, -0.2) is 40.4 Å². The summed E-state index contributed by atoms with van der Waals surface area (Å²) >= 11 is 0. The molecule has 0 aliphatic carbocycles. The molecule has 0 bridgehead atoms. The number of fused-ring (bicyclic) bond motifs is 1. The molecule has 0 fully saturated rings. The maximum absolute atomic E-state index is 13.7. The Kier molecular flexibility index (Phi) is 7.68. The van der Waals surface area contributed by atoms with E-state index in [1.54, 1.807) is 36.4 Å². The molecule has 30 heavy (non-hydrogen) atoms. The normalized spacial score (nSPS) is 11.2. The fourth-order valence-electron chi connectivity index (χ4n) is 3.31. The number of amides is 1. The Morgan fingerprint density at radius 1 is 1.17 bits per heavy atom. The first kappa shape index (κ1) is 21.6. The van der Waals surface area contributed by atoms with Crippen LogP contribution in [0.25, 0.3) is 10.9 Å². The molecule has 0 atom stereocenters. The summed E-state index contributed by atoms with van der Waals surface area (Å²) in [5.41, 5.74) is 1.04. The van der Waals surface area contributed by atoms with Gasteiger partial charge in [-0.25, -0.2) is 9.37 Å². The number of nitrogens with zero attached hydrogens (tertiary/aromatic N) is 2. The van der Waals surface area contributed by atoms with E-state index in [0.717, 1.165) is 12.8 Å². The van der Waals surface area contributed by atoms with Crippen molar-refractivity contribution in [2.75, 3.05) is 19.6 Å². The van der Waals surface area contributed by atoms with E-state index in [-0.39, 0.29) is 23.8 Å². The quantitative estimate of drug-likeness (QED) is 0.539. The van der Waals surface area contributed by atoms with Crippen LogP contribution in [0.2, 0.25) is 0 Å². The Balaban J connectivity index is 1.60. The van der Waals surface area contributed by atoms with Gasteiger partial charge in [-0.05, 0) is 43.1 Å². The largest absolute Gasteiger partial charge is 0.355 e.